The first-order valence-electron chi connectivity index (χ1n) is 8.03. The van der Waals surface area contributed by atoms with Crippen molar-refractivity contribution in [2.75, 3.05) is 18.2 Å². The van der Waals surface area contributed by atoms with E-state index in [1.807, 2.05) is 36.2 Å². The highest BCUT2D eigenvalue weighted by Gasteiger charge is 2.23. The van der Waals surface area contributed by atoms with Crippen molar-refractivity contribution in [1.29, 1.82) is 0 Å². The zero-order valence-corrected chi connectivity index (χ0v) is 14.3. The molecular weight excluding hydrogens is 322 g/mol. The fourth-order valence-electron chi connectivity index (χ4n) is 2.94. The highest BCUT2D eigenvalue weighted by molar-refractivity contribution is 7.99. The lowest BCUT2D eigenvalue weighted by Gasteiger charge is -2.09. The summed E-state index contributed by atoms with van der Waals surface area (Å²) in [6.07, 6.45) is 6.16. The molecule has 0 spiro atoms. The average Bonchev–Trinajstić information content (AvgIpc) is 3.29. The first kappa shape index (κ1) is 15.3. The van der Waals surface area contributed by atoms with E-state index < -0.39 is 0 Å². The van der Waals surface area contributed by atoms with Crippen LogP contribution in [0.25, 0.3) is 5.65 Å². The number of hydrogen-bond donors (Lipinski definition) is 1. The second kappa shape index (κ2) is 6.68. The van der Waals surface area contributed by atoms with E-state index in [0.717, 1.165) is 28.6 Å². The molecule has 0 saturated carbocycles. The summed E-state index contributed by atoms with van der Waals surface area (Å²) in [6, 6.07) is 7.99. The van der Waals surface area contributed by atoms with Gasteiger partial charge in [-0.2, -0.15) is 11.8 Å². The second-order valence-electron chi connectivity index (χ2n) is 5.73. The van der Waals surface area contributed by atoms with Crippen molar-refractivity contribution in [1.82, 2.24) is 19.6 Å². The number of methoxy groups -OCH3 is 1. The smallest absolute Gasteiger partial charge is 0.203 e. The van der Waals surface area contributed by atoms with E-state index in [2.05, 4.69) is 31.0 Å². The first-order valence-corrected chi connectivity index (χ1v) is 9.08. The number of hydrogen-bond acceptors (Lipinski definition) is 6. The van der Waals surface area contributed by atoms with Gasteiger partial charge in [0.1, 0.15) is 5.75 Å². The van der Waals surface area contributed by atoms with E-state index in [1.54, 1.807) is 13.3 Å². The summed E-state index contributed by atoms with van der Waals surface area (Å²) >= 11 is 1.96. The molecule has 2 aromatic heterocycles. The van der Waals surface area contributed by atoms with Gasteiger partial charge in [-0.1, -0.05) is 12.1 Å². The van der Waals surface area contributed by atoms with Crippen LogP contribution in [0.15, 0.2) is 36.7 Å². The Kier molecular flexibility index (Phi) is 4.25. The van der Waals surface area contributed by atoms with Gasteiger partial charge in [0.05, 0.1) is 12.4 Å². The third-order valence-electron chi connectivity index (χ3n) is 4.17. The van der Waals surface area contributed by atoms with Gasteiger partial charge >= 0.3 is 0 Å². The molecular formula is C17H19N5OS. The van der Waals surface area contributed by atoms with Gasteiger partial charge in [0, 0.05) is 18.9 Å². The maximum atomic E-state index is 5.27. The molecule has 7 heteroatoms. The molecule has 1 fully saturated rings. The molecule has 124 valence electrons. The zero-order chi connectivity index (χ0) is 16.4. The van der Waals surface area contributed by atoms with Gasteiger partial charge in [-0.3, -0.25) is 4.40 Å². The number of rotatable bonds is 5. The van der Waals surface area contributed by atoms with Crippen LogP contribution in [0.4, 0.5) is 5.82 Å². The third-order valence-corrected chi connectivity index (χ3v) is 5.54. The fraction of sp³-hybridized carbons (Fsp3) is 0.353. The van der Waals surface area contributed by atoms with E-state index in [0.29, 0.717) is 11.8 Å². The highest BCUT2D eigenvalue weighted by atomic mass is 32.2. The molecule has 6 nitrogen and oxygen atoms in total. The summed E-state index contributed by atoms with van der Waals surface area (Å²) in [5.74, 6) is 3.83. The lowest BCUT2D eigenvalue weighted by molar-refractivity contribution is 0.414. The molecule has 0 amide bonds. The van der Waals surface area contributed by atoms with Crippen LogP contribution in [-0.2, 0) is 6.54 Å². The molecule has 1 saturated heterocycles. The largest absolute Gasteiger partial charge is 0.497 e. The van der Waals surface area contributed by atoms with Crippen molar-refractivity contribution in [2.24, 2.45) is 0 Å². The van der Waals surface area contributed by atoms with Crippen LogP contribution >= 0.6 is 11.8 Å². The van der Waals surface area contributed by atoms with E-state index in [1.165, 1.54) is 18.6 Å². The third kappa shape index (κ3) is 2.91. The molecule has 0 unspecified atom stereocenters. The minimum absolute atomic E-state index is 0.439. The van der Waals surface area contributed by atoms with Crippen LogP contribution in [0, 0.1) is 0 Å². The Morgan fingerprint density at radius 3 is 3.17 bits per heavy atom. The van der Waals surface area contributed by atoms with Crippen LogP contribution < -0.4 is 10.1 Å². The van der Waals surface area contributed by atoms with Gasteiger partial charge < -0.3 is 10.1 Å². The van der Waals surface area contributed by atoms with Crippen molar-refractivity contribution >= 4 is 23.2 Å². The normalized spacial score (nSPS) is 17.3. The molecule has 4 rings (SSSR count). The Hall–Kier alpha value is -2.28. The predicted molar refractivity (Wildman–Crippen MR) is 95.5 cm³/mol. The topological polar surface area (TPSA) is 64.3 Å². The maximum Gasteiger partial charge on any atom is 0.203 e. The highest BCUT2D eigenvalue weighted by Crippen LogP contribution is 2.39. The monoisotopic (exact) mass is 341 g/mol. The number of thioether (sulfide) groups is 1. The minimum atomic E-state index is 0.439. The van der Waals surface area contributed by atoms with Crippen molar-refractivity contribution in [3.8, 4) is 5.75 Å². The fourth-order valence-corrected chi connectivity index (χ4v) is 4.20. The second-order valence-corrected chi connectivity index (χ2v) is 7.05. The first-order chi connectivity index (χ1) is 11.8. The lowest BCUT2D eigenvalue weighted by atomic mass is 10.2. The Balaban J connectivity index is 1.58. The van der Waals surface area contributed by atoms with Gasteiger partial charge in [0.25, 0.3) is 0 Å². The number of aromatic nitrogens is 4. The number of nitrogens with one attached hydrogen (secondary N) is 1. The summed E-state index contributed by atoms with van der Waals surface area (Å²) in [5, 5.41) is 12.6. The predicted octanol–water partition coefficient (Wildman–Crippen LogP) is 3.31. The van der Waals surface area contributed by atoms with E-state index in [4.69, 9.17) is 4.74 Å². The molecule has 24 heavy (non-hydrogen) atoms. The lowest BCUT2D eigenvalue weighted by Crippen LogP contribution is -2.05. The van der Waals surface area contributed by atoms with Crippen LogP contribution in [-0.4, -0.2) is 32.4 Å². The zero-order valence-electron chi connectivity index (χ0n) is 13.5. The number of nitrogens with zero attached hydrogens (tertiary/aromatic N) is 4. The van der Waals surface area contributed by atoms with Crippen LogP contribution in [0.5, 0.6) is 5.75 Å². The maximum absolute atomic E-state index is 5.27. The molecule has 1 N–H and O–H groups in total. The summed E-state index contributed by atoms with van der Waals surface area (Å²) in [4.78, 5) is 4.43. The molecule has 0 radical (unpaired) electrons. The van der Waals surface area contributed by atoms with E-state index >= 15 is 0 Å². The minimum Gasteiger partial charge on any atom is -0.497 e. The van der Waals surface area contributed by atoms with Crippen molar-refractivity contribution in [2.45, 2.75) is 24.6 Å². The van der Waals surface area contributed by atoms with Crippen LogP contribution in [0.3, 0.4) is 0 Å². The Morgan fingerprint density at radius 2 is 2.33 bits per heavy atom. The summed E-state index contributed by atoms with van der Waals surface area (Å²) in [6.45, 7) is 0.657. The molecule has 1 aliphatic heterocycles. The number of benzene rings is 1. The molecule has 3 aromatic rings. The Morgan fingerprint density at radius 1 is 1.38 bits per heavy atom. The number of anilines is 1. The van der Waals surface area contributed by atoms with Crippen molar-refractivity contribution in [3.05, 3.63) is 48.0 Å². The molecule has 3 heterocycles. The summed E-state index contributed by atoms with van der Waals surface area (Å²) in [5.41, 5.74) is 1.91. The van der Waals surface area contributed by atoms with E-state index in [-0.39, 0.29) is 0 Å². The molecule has 0 aliphatic carbocycles. The summed E-state index contributed by atoms with van der Waals surface area (Å²) in [7, 11) is 1.67. The van der Waals surface area contributed by atoms with Gasteiger partial charge in [-0.05, 0) is 36.3 Å². The summed E-state index contributed by atoms with van der Waals surface area (Å²) < 4.78 is 7.32. The van der Waals surface area contributed by atoms with Crippen LogP contribution in [0.2, 0.25) is 0 Å². The quantitative estimate of drug-likeness (QED) is 0.768. The number of fused-ring (bicyclic) bond motifs is 1. The molecule has 0 bridgehead atoms. The van der Waals surface area contributed by atoms with Gasteiger partial charge in [-0.15, -0.1) is 10.2 Å². The Bertz CT molecular complexity index is 844. The van der Waals surface area contributed by atoms with E-state index in [9.17, 15) is 0 Å². The Labute approximate surface area is 144 Å². The molecule has 1 atom stereocenters. The number of ether oxygens (including phenoxy) is 1. The van der Waals surface area contributed by atoms with Crippen molar-refractivity contribution in [3.63, 3.8) is 0 Å². The van der Waals surface area contributed by atoms with Crippen LogP contribution in [0.1, 0.15) is 29.5 Å². The molecule has 1 aromatic carbocycles. The van der Waals surface area contributed by atoms with Gasteiger partial charge in [-0.25, -0.2) is 4.98 Å². The van der Waals surface area contributed by atoms with Crippen molar-refractivity contribution < 1.29 is 4.74 Å². The average molecular weight is 341 g/mol. The van der Waals surface area contributed by atoms with Gasteiger partial charge in [0.15, 0.2) is 11.6 Å². The SMILES string of the molecule is COc1cccc(CNc2nccn3c([C@@H]4CCCS4)nnc23)c1. The molecule has 1 aliphatic rings. The standard InChI is InChI=1S/C17H19N5OS/c1-23-13-5-2-4-12(10-13)11-19-15-17-21-20-16(14-6-3-9-24-14)22(17)8-7-18-15/h2,4-5,7-8,10,14H,3,6,9,11H2,1H3,(H,18,19)/t14-/m0/s1. The van der Waals surface area contributed by atoms with Gasteiger partial charge in [0.2, 0.25) is 5.65 Å².